The maximum atomic E-state index is 5.71. The lowest BCUT2D eigenvalue weighted by molar-refractivity contribution is 0.312. The van der Waals surface area contributed by atoms with E-state index in [1.165, 1.54) is 11.1 Å². The van der Waals surface area contributed by atoms with E-state index in [9.17, 15) is 0 Å². The number of hydrogen-bond donors (Lipinski definition) is 0. The van der Waals surface area contributed by atoms with Crippen molar-refractivity contribution in [3.05, 3.63) is 66.0 Å². The van der Waals surface area contributed by atoms with Gasteiger partial charge in [-0.1, -0.05) is 12.1 Å². The Bertz CT molecular complexity index is 1280. The quantitative estimate of drug-likeness (QED) is 0.471. The summed E-state index contributed by atoms with van der Waals surface area (Å²) >= 11 is 0. The number of aryl methyl sites for hydroxylation is 2. The first-order chi connectivity index (χ1) is 16.3. The van der Waals surface area contributed by atoms with Crippen LogP contribution in [-0.4, -0.2) is 69.3 Å². The van der Waals surface area contributed by atoms with Crippen molar-refractivity contribution in [2.45, 2.75) is 19.3 Å². The van der Waals surface area contributed by atoms with E-state index in [0.29, 0.717) is 0 Å². The summed E-state index contributed by atoms with van der Waals surface area (Å²) in [6.07, 6.45) is 8.29. The van der Waals surface area contributed by atoms with Gasteiger partial charge in [-0.05, 0) is 37.2 Å². The second kappa shape index (κ2) is 8.44. The van der Waals surface area contributed by atoms with E-state index in [2.05, 4.69) is 57.4 Å². The zero-order chi connectivity index (χ0) is 22.2. The molecule has 0 saturated carbocycles. The number of nitrogens with zero attached hydrogens (tertiary/aromatic N) is 7. The van der Waals surface area contributed by atoms with Gasteiger partial charge in [0, 0.05) is 68.1 Å². The van der Waals surface area contributed by atoms with Crippen molar-refractivity contribution in [2.75, 3.05) is 44.7 Å². The molecule has 0 radical (unpaired) electrons. The molecule has 2 aliphatic heterocycles. The summed E-state index contributed by atoms with van der Waals surface area (Å²) in [4.78, 5) is 14.2. The lowest BCUT2D eigenvalue weighted by Crippen LogP contribution is -2.44. The summed E-state index contributed by atoms with van der Waals surface area (Å²) in [7, 11) is 2.16. The molecule has 0 bridgehead atoms. The molecule has 5 heterocycles. The van der Waals surface area contributed by atoms with Crippen LogP contribution in [0.3, 0.4) is 0 Å². The Morgan fingerprint density at radius 2 is 1.88 bits per heavy atom. The van der Waals surface area contributed by atoms with Crippen LogP contribution in [0.5, 0.6) is 5.75 Å². The van der Waals surface area contributed by atoms with E-state index < -0.39 is 0 Å². The molecule has 0 spiro atoms. The molecule has 0 aliphatic carbocycles. The molecule has 4 aromatic rings. The van der Waals surface area contributed by atoms with Crippen molar-refractivity contribution in [3.63, 3.8) is 0 Å². The molecular formula is C25H27N7O. The van der Waals surface area contributed by atoms with Crippen LogP contribution < -0.4 is 9.64 Å². The Kier molecular flexibility index (Phi) is 5.14. The minimum atomic E-state index is 0.774. The molecule has 0 atom stereocenters. The highest BCUT2D eigenvalue weighted by molar-refractivity contribution is 5.76. The minimum absolute atomic E-state index is 0.774. The second-order valence-corrected chi connectivity index (χ2v) is 8.80. The Balaban J connectivity index is 1.24. The fourth-order valence-corrected chi connectivity index (χ4v) is 4.80. The minimum Gasteiger partial charge on any atom is -0.493 e. The highest BCUT2D eigenvalue weighted by Crippen LogP contribution is 2.29. The molecular weight excluding hydrogens is 414 g/mol. The number of benzene rings is 1. The van der Waals surface area contributed by atoms with Crippen molar-refractivity contribution < 1.29 is 4.74 Å². The molecule has 3 aromatic heterocycles. The Hall–Kier alpha value is -3.52. The highest BCUT2D eigenvalue weighted by atomic mass is 16.5. The van der Waals surface area contributed by atoms with Gasteiger partial charge in [-0.15, -0.1) is 10.2 Å². The summed E-state index contributed by atoms with van der Waals surface area (Å²) in [5.41, 5.74) is 5.43. The highest BCUT2D eigenvalue weighted by Gasteiger charge is 2.18. The van der Waals surface area contributed by atoms with Crippen LogP contribution in [0.1, 0.15) is 17.0 Å². The van der Waals surface area contributed by atoms with Gasteiger partial charge >= 0.3 is 0 Å². The number of pyridine rings is 1. The van der Waals surface area contributed by atoms with Crippen LogP contribution in [-0.2, 0) is 19.3 Å². The smallest absolute Gasteiger partial charge is 0.171 e. The summed E-state index contributed by atoms with van der Waals surface area (Å²) < 4.78 is 7.72. The van der Waals surface area contributed by atoms with Crippen LogP contribution in [0.4, 0.5) is 5.82 Å². The predicted molar refractivity (Wildman–Crippen MR) is 127 cm³/mol. The number of rotatable bonds is 5. The Morgan fingerprint density at radius 3 is 2.73 bits per heavy atom. The van der Waals surface area contributed by atoms with Crippen molar-refractivity contribution in [2.24, 2.45) is 0 Å². The zero-order valence-corrected chi connectivity index (χ0v) is 18.8. The lowest BCUT2D eigenvalue weighted by atomic mass is 10.0. The molecule has 0 unspecified atom stereocenters. The summed E-state index contributed by atoms with van der Waals surface area (Å²) in [6.45, 7) is 4.91. The Morgan fingerprint density at radius 1 is 0.970 bits per heavy atom. The van der Waals surface area contributed by atoms with Gasteiger partial charge in [0.25, 0.3) is 0 Å². The van der Waals surface area contributed by atoms with Gasteiger partial charge in [-0.25, -0.2) is 9.97 Å². The molecule has 0 N–H and O–H groups in total. The van der Waals surface area contributed by atoms with Gasteiger partial charge in [0.15, 0.2) is 5.65 Å². The van der Waals surface area contributed by atoms with E-state index in [1.54, 1.807) is 6.33 Å². The van der Waals surface area contributed by atoms with Gasteiger partial charge in [0.1, 0.15) is 23.7 Å². The van der Waals surface area contributed by atoms with E-state index in [-0.39, 0.29) is 0 Å². The first kappa shape index (κ1) is 20.1. The lowest BCUT2D eigenvalue weighted by Gasteiger charge is -2.33. The molecule has 1 saturated heterocycles. The average Bonchev–Trinajstić information content (AvgIpc) is 3.53. The Labute approximate surface area is 192 Å². The van der Waals surface area contributed by atoms with Gasteiger partial charge in [-0.2, -0.15) is 0 Å². The zero-order valence-electron chi connectivity index (χ0n) is 18.8. The first-order valence-electron chi connectivity index (χ1n) is 11.6. The van der Waals surface area contributed by atoms with Crippen molar-refractivity contribution in [1.82, 2.24) is 29.5 Å². The largest absolute Gasteiger partial charge is 0.493 e. The first-order valence-corrected chi connectivity index (χ1v) is 11.6. The number of fused-ring (bicyclic) bond motifs is 2. The SMILES string of the molecule is CN1CCN(c2ccc(-c3cnc(CCc4cccc5c4CCO5)n4cnnc34)cn2)CC1. The standard InChI is InChI=1S/C25H27N7O/c1-30-10-12-31(13-11-30)23-7-6-19(15-26-23)21-16-27-24(32-17-28-29-25(21)32)8-5-18-3-2-4-22-20(18)9-14-33-22/h2-4,6-7,15-17H,5,8-14H2,1H3. The van der Waals surface area contributed by atoms with Crippen LogP contribution in [0.15, 0.2) is 49.1 Å². The molecule has 0 amide bonds. The number of likely N-dealkylation sites (N-methyl/N-ethyl adjacent to an activating group) is 1. The number of aromatic nitrogens is 5. The maximum Gasteiger partial charge on any atom is 0.171 e. The third-order valence-corrected chi connectivity index (χ3v) is 6.75. The summed E-state index contributed by atoms with van der Waals surface area (Å²) in [5, 5.41) is 8.58. The average molecular weight is 442 g/mol. The van der Waals surface area contributed by atoms with Gasteiger partial charge < -0.3 is 14.5 Å². The normalized spacial score (nSPS) is 16.2. The van der Waals surface area contributed by atoms with Crippen LogP contribution in [0.25, 0.3) is 16.8 Å². The molecule has 1 fully saturated rings. The fourth-order valence-electron chi connectivity index (χ4n) is 4.80. The predicted octanol–water partition coefficient (Wildman–Crippen LogP) is 2.66. The molecule has 8 heteroatoms. The third kappa shape index (κ3) is 3.80. The molecule has 168 valence electrons. The van der Waals surface area contributed by atoms with E-state index in [1.807, 2.05) is 16.8 Å². The van der Waals surface area contributed by atoms with Gasteiger partial charge in [-0.3, -0.25) is 4.40 Å². The number of piperazine rings is 1. The maximum absolute atomic E-state index is 5.71. The van der Waals surface area contributed by atoms with Crippen molar-refractivity contribution in [3.8, 4) is 16.9 Å². The van der Waals surface area contributed by atoms with Crippen molar-refractivity contribution in [1.29, 1.82) is 0 Å². The van der Waals surface area contributed by atoms with Crippen LogP contribution >= 0.6 is 0 Å². The van der Waals surface area contributed by atoms with Gasteiger partial charge in [0.2, 0.25) is 0 Å². The molecule has 1 aromatic carbocycles. The second-order valence-electron chi connectivity index (χ2n) is 8.80. The molecule has 6 rings (SSSR count). The van der Waals surface area contributed by atoms with E-state index >= 15 is 0 Å². The fraction of sp³-hybridized carbons (Fsp3) is 0.360. The number of anilines is 1. The summed E-state index contributed by atoms with van der Waals surface area (Å²) in [6, 6.07) is 10.5. The number of ether oxygens (including phenoxy) is 1. The third-order valence-electron chi connectivity index (χ3n) is 6.75. The summed E-state index contributed by atoms with van der Waals surface area (Å²) in [5.74, 6) is 3.00. The topological polar surface area (TPSA) is 71.7 Å². The van der Waals surface area contributed by atoms with E-state index in [4.69, 9.17) is 14.7 Å². The molecule has 33 heavy (non-hydrogen) atoms. The molecule has 2 aliphatic rings. The molecule has 8 nitrogen and oxygen atoms in total. The van der Waals surface area contributed by atoms with E-state index in [0.717, 1.165) is 86.2 Å². The monoisotopic (exact) mass is 441 g/mol. The van der Waals surface area contributed by atoms with Crippen LogP contribution in [0.2, 0.25) is 0 Å². The number of hydrogen-bond acceptors (Lipinski definition) is 7. The van der Waals surface area contributed by atoms with Gasteiger partial charge in [0.05, 0.1) is 6.61 Å². The van der Waals surface area contributed by atoms with Crippen molar-refractivity contribution >= 4 is 11.5 Å². The van der Waals surface area contributed by atoms with Crippen LogP contribution in [0, 0.1) is 0 Å².